The third kappa shape index (κ3) is 6.78. The number of halogens is 1. The number of carbonyl (C=O) groups excluding carboxylic acids is 4. The average Bonchev–Trinajstić information content (AvgIpc) is 3.27. The summed E-state index contributed by atoms with van der Waals surface area (Å²) in [5, 5.41) is 2.37. The molecule has 1 N–H and O–H groups in total. The number of rotatable bonds is 8. The van der Waals surface area contributed by atoms with Crippen molar-refractivity contribution in [2.75, 3.05) is 32.1 Å². The number of methoxy groups -OCH3 is 1. The number of hydrogen-bond acceptors (Lipinski definition) is 7. The van der Waals surface area contributed by atoms with Crippen LogP contribution in [0.3, 0.4) is 0 Å². The van der Waals surface area contributed by atoms with Crippen LogP contribution in [-0.2, 0) is 27.3 Å². The van der Waals surface area contributed by atoms with Gasteiger partial charge < -0.3 is 19.7 Å². The molecular formula is C32H30BrN3O6S. The van der Waals surface area contributed by atoms with Gasteiger partial charge in [0.15, 0.2) is 18.1 Å². The molecule has 0 aliphatic carbocycles. The molecule has 3 aromatic rings. The molecule has 0 radical (unpaired) electrons. The van der Waals surface area contributed by atoms with E-state index >= 15 is 0 Å². The highest BCUT2D eigenvalue weighted by atomic mass is 79.9. The van der Waals surface area contributed by atoms with Crippen LogP contribution in [0.25, 0.3) is 6.08 Å². The summed E-state index contributed by atoms with van der Waals surface area (Å²) in [7, 11) is 1.47. The van der Waals surface area contributed by atoms with Crippen LogP contribution in [0.2, 0.25) is 0 Å². The Morgan fingerprint density at radius 2 is 1.79 bits per heavy atom. The van der Waals surface area contributed by atoms with Gasteiger partial charge in [-0.05, 0) is 90.2 Å². The molecule has 222 valence electrons. The van der Waals surface area contributed by atoms with E-state index in [0.717, 1.165) is 44.2 Å². The Hall–Kier alpha value is -4.09. The molecule has 4 amide bonds. The van der Waals surface area contributed by atoms with Gasteiger partial charge in [-0.15, -0.1) is 0 Å². The monoisotopic (exact) mass is 663 g/mol. The van der Waals surface area contributed by atoms with E-state index in [2.05, 4.69) is 27.3 Å². The first-order valence-corrected chi connectivity index (χ1v) is 15.2. The summed E-state index contributed by atoms with van der Waals surface area (Å²) in [6, 6.07) is 16.6. The number of imide groups is 1. The molecule has 0 spiro atoms. The zero-order valence-electron chi connectivity index (χ0n) is 23.9. The van der Waals surface area contributed by atoms with Crippen LogP contribution in [0.15, 0.2) is 64.0 Å². The quantitative estimate of drug-likeness (QED) is 0.308. The van der Waals surface area contributed by atoms with Crippen LogP contribution in [0.5, 0.6) is 11.5 Å². The topological polar surface area (TPSA) is 105 Å². The molecule has 3 aromatic carbocycles. The van der Waals surface area contributed by atoms with E-state index in [9.17, 15) is 19.2 Å². The number of nitrogens with zero attached hydrogens (tertiary/aromatic N) is 2. The Balaban J connectivity index is 1.21. The van der Waals surface area contributed by atoms with Gasteiger partial charge in [0, 0.05) is 23.2 Å². The highest BCUT2D eigenvalue weighted by Gasteiger charge is 2.37. The van der Waals surface area contributed by atoms with Crippen molar-refractivity contribution in [3.63, 3.8) is 0 Å². The molecule has 2 aliphatic heterocycles. The van der Waals surface area contributed by atoms with E-state index in [1.54, 1.807) is 29.2 Å². The smallest absolute Gasteiger partial charge is 0.294 e. The van der Waals surface area contributed by atoms with E-state index in [-0.39, 0.29) is 29.9 Å². The predicted molar refractivity (Wildman–Crippen MR) is 169 cm³/mol. The normalized spacial score (nSPS) is 15.5. The van der Waals surface area contributed by atoms with E-state index < -0.39 is 11.1 Å². The second-order valence-electron chi connectivity index (χ2n) is 10.2. The second kappa shape index (κ2) is 13.0. The van der Waals surface area contributed by atoms with Gasteiger partial charge in [0.1, 0.15) is 6.54 Å². The molecule has 0 atom stereocenters. The minimum absolute atomic E-state index is 0.206. The van der Waals surface area contributed by atoms with E-state index in [4.69, 9.17) is 9.47 Å². The van der Waals surface area contributed by atoms with Crippen LogP contribution in [0.4, 0.5) is 10.5 Å². The van der Waals surface area contributed by atoms with Crippen LogP contribution in [0, 0.1) is 13.8 Å². The Labute approximate surface area is 262 Å². The summed E-state index contributed by atoms with van der Waals surface area (Å²) in [6.07, 6.45) is 2.31. The molecule has 0 unspecified atom stereocenters. The van der Waals surface area contributed by atoms with Crippen molar-refractivity contribution in [3.8, 4) is 11.5 Å². The number of thioether (sulfide) groups is 1. The summed E-state index contributed by atoms with van der Waals surface area (Å²) in [5.74, 6) is -0.406. The van der Waals surface area contributed by atoms with Gasteiger partial charge in [-0.2, -0.15) is 0 Å². The maximum absolute atomic E-state index is 13.1. The molecule has 0 bridgehead atoms. The maximum Gasteiger partial charge on any atom is 0.294 e. The SMILES string of the molecule is COc1cc(/C=C2/SC(=O)N(CC(=O)N3CCc4ccccc4C3)C2=O)ccc1OCC(=O)Nc1ccc(Br)c(C)c1C. The third-order valence-electron chi connectivity index (χ3n) is 7.49. The van der Waals surface area contributed by atoms with Gasteiger partial charge in [-0.25, -0.2) is 0 Å². The van der Waals surface area contributed by atoms with Crippen LogP contribution in [0.1, 0.15) is 27.8 Å². The lowest BCUT2D eigenvalue weighted by Gasteiger charge is -2.29. The molecule has 2 heterocycles. The van der Waals surface area contributed by atoms with Crippen molar-refractivity contribution >= 4 is 62.4 Å². The fraction of sp³-hybridized carbons (Fsp3) is 0.250. The maximum atomic E-state index is 13.1. The molecule has 9 nitrogen and oxygen atoms in total. The van der Waals surface area contributed by atoms with Crippen LogP contribution >= 0.6 is 27.7 Å². The molecule has 0 saturated carbocycles. The number of fused-ring (bicyclic) bond motifs is 1. The van der Waals surface area contributed by atoms with Gasteiger partial charge in [-0.3, -0.25) is 24.1 Å². The van der Waals surface area contributed by atoms with E-state index in [1.165, 1.54) is 12.7 Å². The number of carbonyl (C=O) groups is 4. The highest BCUT2D eigenvalue weighted by molar-refractivity contribution is 9.10. The summed E-state index contributed by atoms with van der Waals surface area (Å²) in [6.45, 7) is 4.36. The minimum atomic E-state index is -0.518. The zero-order valence-corrected chi connectivity index (χ0v) is 26.3. The zero-order chi connectivity index (χ0) is 30.7. The molecule has 43 heavy (non-hydrogen) atoms. The Bertz CT molecular complexity index is 1660. The van der Waals surface area contributed by atoms with Gasteiger partial charge >= 0.3 is 0 Å². The molecule has 2 aliphatic rings. The summed E-state index contributed by atoms with van der Waals surface area (Å²) < 4.78 is 12.1. The second-order valence-corrected chi connectivity index (χ2v) is 12.0. The minimum Gasteiger partial charge on any atom is -0.493 e. The van der Waals surface area contributed by atoms with Crippen molar-refractivity contribution in [2.24, 2.45) is 0 Å². The summed E-state index contributed by atoms with van der Waals surface area (Å²) in [5.41, 5.74) is 5.58. The predicted octanol–water partition coefficient (Wildman–Crippen LogP) is 5.71. The Kier molecular flexibility index (Phi) is 9.22. The molecule has 1 fully saturated rings. The standard InChI is InChI=1S/C32H30BrN3O6S/c1-19-20(2)25(10-9-24(19)33)34-29(37)18-42-26-11-8-21(14-27(26)41-3)15-28-31(39)36(32(40)43-28)17-30(38)35-13-12-22-6-4-5-7-23(22)16-35/h4-11,14-15H,12-13,16-18H2,1-3H3,(H,34,37)/b28-15+. The van der Waals surface area contributed by atoms with Crippen molar-refractivity contribution in [2.45, 2.75) is 26.8 Å². The first-order chi connectivity index (χ1) is 20.6. The summed E-state index contributed by atoms with van der Waals surface area (Å²) in [4.78, 5) is 54.2. The largest absolute Gasteiger partial charge is 0.493 e. The number of benzene rings is 3. The molecule has 1 saturated heterocycles. The molecule has 5 rings (SSSR count). The fourth-order valence-corrected chi connectivity index (χ4v) is 6.15. The van der Waals surface area contributed by atoms with Crippen LogP contribution in [-0.4, -0.2) is 59.6 Å². The molecule has 0 aromatic heterocycles. The van der Waals surface area contributed by atoms with Crippen molar-refractivity contribution in [3.05, 3.63) is 91.8 Å². The van der Waals surface area contributed by atoms with Crippen molar-refractivity contribution < 1.29 is 28.7 Å². The number of hydrogen-bond donors (Lipinski definition) is 1. The molecular weight excluding hydrogens is 634 g/mol. The first kappa shape index (κ1) is 30.4. The van der Waals surface area contributed by atoms with E-state index in [0.29, 0.717) is 35.8 Å². The fourth-order valence-electron chi connectivity index (χ4n) is 4.88. The average molecular weight is 665 g/mol. The van der Waals surface area contributed by atoms with Crippen molar-refractivity contribution in [1.29, 1.82) is 0 Å². The molecule has 11 heteroatoms. The lowest BCUT2D eigenvalue weighted by atomic mass is 10.00. The lowest BCUT2D eigenvalue weighted by Crippen LogP contribution is -2.44. The van der Waals surface area contributed by atoms with Gasteiger partial charge in [0.2, 0.25) is 5.91 Å². The third-order valence-corrected chi connectivity index (χ3v) is 9.26. The van der Waals surface area contributed by atoms with Crippen LogP contribution < -0.4 is 14.8 Å². The first-order valence-electron chi connectivity index (χ1n) is 13.6. The Morgan fingerprint density at radius 1 is 1.02 bits per heavy atom. The lowest BCUT2D eigenvalue weighted by molar-refractivity contribution is -0.136. The van der Waals surface area contributed by atoms with Crippen molar-refractivity contribution in [1.82, 2.24) is 9.80 Å². The number of amides is 4. The highest BCUT2D eigenvalue weighted by Crippen LogP contribution is 2.35. The van der Waals surface area contributed by atoms with Gasteiger partial charge in [0.05, 0.1) is 12.0 Å². The number of nitrogens with one attached hydrogen (secondary N) is 1. The number of ether oxygens (including phenoxy) is 2. The van der Waals surface area contributed by atoms with Gasteiger partial charge in [0.25, 0.3) is 17.1 Å². The van der Waals surface area contributed by atoms with E-state index in [1.807, 2.05) is 44.2 Å². The van der Waals surface area contributed by atoms with Gasteiger partial charge in [-0.1, -0.05) is 46.3 Å². The Morgan fingerprint density at radius 3 is 2.56 bits per heavy atom. The number of anilines is 1. The summed E-state index contributed by atoms with van der Waals surface area (Å²) >= 11 is 4.27.